The van der Waals surface area contributed by atoms with E-state index in [0.29, 0.717) is 17.2 Å². The van der Waals surface area contributed by atoms with Crippen molar-refractivity contribution >= 4 is 5.84 Å². The lowest BCUT2D eigenvalue weighted by Gasteiger charge is -2.18. The molecule has 1 heterocycles. The van der Waals surface area contributed by atoms with Gasteiger partial charge in [0.05, 0.1) is 0 Å². The molecule has 1 aliphatic rings. The van der Waals surface area contributed by atoms with Gasteiger partial charge in [-0.25, -0.2) is 0 Å². The van der Waals surface area contributed by atoms with Crippen LogP contribution in [0.5, 0.6) is 0 Å². The Labute approximate surface area is 113 Å². The lowest BCUT2D eigenvalue weighted by Crippen LogP contribution is -2.27. The largest absolute Gasteiger partial charge is 0.409 e. The molecule has 1 aliphatic carbocycles. The second kappa shape index (κ2) is 5.57. The number of pyridine rings is 1. The number of hydrogen-bond acceptors (Lipinski definition) is 4. The number of nitrogens with zero attached hydrogens (tertiary/aromatic N) is 2. The monoisotopic (exact) mass is 262 g/mol. The second-order valence-electron chi connectivity index (χ2n) is 6.02. The highest BCUT2D eigenvalue weighted by Gasteiger charge is 2.30. The van der Waals surface area contributed by atoms with Crippen molar-refractivity contribution in [3.05, 3.63) is 29.6 Å². The van der Waals surface area contributed by atoms with E-state index in [1.165, 1.54) is 19.3 Å². The average molecular weight is 262 g/mol. The van der Waals surface area contributed by atoms with E-state index in [-0.39, 0.29) is 5.84 Å². The lowest BCUT2D eigenvalue weighted by atomic mass is 9.92. The Balaban J connectivity index is 1.93. The molecule has 0 saturated heterocycles. The van der Waals surface area contributed by atoms with Crippen molar-refractivity contribution in [2.75, 3.05) is 0 Å². The van der Waals surface area contributed by atoms with Gasteiger partial charge in [0.15, 0.2) is 5.84 Å². The Hall–Kier alpha value is -1.62. The minimum atomic E-state index is 0.0452. The molecule has 0 aromatic carbocycles. The van der Waals surface area contributed by atoms with Crippen molar-refractivity contribution < 1.29 is 5.21 Å². The summed E-state index contributed by atoms with van der Waals surface area (Å²) in [5.74, 6) is 0.0452. The van der Waals surface area contributed by atoms with Crippen LogP contribution in [0.25, 0.3) is 0 Å². The molecule has 1 saturated carbocycles. The molecule has 0 bridgehead atoms. The van der Waals surface area contributed by atoms with Crippen molar-refractivity contribution in [3.8, 4) is 0 Å². The third-order valence-electron chi connectivity index (χ3n) is 3.76. The van der Waals surface area contributed by atoms with E-state index < -0.39 is 0 Å². The van der Waals surface area contributed by atoms with Gasteiger partial charge in [-0.1, -0.05) is 19.0 Å². The molecule has 0 amide bonds. The van der Waals surface area contributed by atoms with Crippen molar-refractivity contribution in [2.24, 2.45) is 16.3 Å². The smallest absolute Gasteiger partial charge is 0.188 e. The predicted molar refractivity (Wildman–Crippen MR) is 75.0 cm³/mol. The zero-order chi connectivity index (χ0) is 13.9. The van der Waals surface area contributed by atoms with Gasteiger partial charge in [-0.05, 0) is 42.4 Å². The Morgan fingerprint density at radius 3 is 3.05 bits per heavy atom. The van der Waals surface area contributed by atoms with Gasteiger partial charge in [-0.3, -0.25) is 4.98 Å². The first-order valence-electron chi connectivity index (χ1n) is 6.66. The van der Waals surface area contributed by atoms with Crippen LogP contribution in [0.3, 0.4) is 0 Å². The summed E-state index contributed by atoms with van der Waals surface area (Å²) in [5, 5.41) is 15.2. The Kier molecular flexibility index (Phi) is 4.04. The minimum Gasteiger partial charge on any atom is -0.409 e. The number of oxime groups is 1. The summed E-state index contributed by atoms with van der Waals surface area (Å²) in [4.78, 5) is 4.07. The van der Waals surface area contributed by atoms with E-state index in [1.807, 2.05) is 12.1 Å². The molecule has 5 nitrogen and oxygen atoms in total. The maximum absolute atomic E-state index is 8.65. The first-order chi connectivity index (χ1) is 9.00. The van der Waals surface area contributed by atoms with Crippen molar-refractivity contribution in [2.45, 2.75) is 45.7 Å². The Morgan fingerprint density at radius 1 is 1.63 bits per heavy atom. The first-order valence-corrected chi connectivity index (χ1v) is 6.66. The van der Waals surface area contributed by atoms with Crippen molar-refractivity contribution in [1.29, 1.82) is 0 Å². The van der Waals surface area contributed by atoms with E-state index >= 15 is 0 Å². The number of nitrogens with one attached hydrogen (secondary N) is 1. The molecule has 0 radical (unpaired) electrons. The van der Waals surface area contributed by atoms with Crippen molar-refractivity contribution in [1.82, 2.24) is 10.3 Å². The highest BCUT2D eigenvalue weighted by atomic mass is 16.4. The van der Waals surface area contributed by atoms with E-state index in [0.717, 1.165) is 12.1 Å². The summed E-state index contributed by atoms with van der Waals surface area (Å²) in [6.07, 6.45) is 5.40. The number of hydrogen-bond donors (Lipinski definition) is 3. The molecule has 4 N–H and O–H groups in total. The number of aromatic nitrogens is 1. The number of amidine groups is 1. The molecule has 19 heavy (non-hydrogen) atoms. The maximum atomic E-state index is 8.65. The van der Waals surface area contributed by atoms with Crippen molar-refractivity contribution in [3.63, 3.8) is 0 Å². The van der Waals surface area contributed by atoms with Crippen LogP contribution in [0.1, 0.15) is 44.4 Å². The van der Waals surface area contributed by atoms with Gasteiger partial charge in [0.25, 0.3) is 0 Å². The predicted octanol–water partition coefficient (Wildman–Crippen LogP) is 1.84. The van der Waals surface area contributed by atoms with Crippen LogP contribution in [0.2, 0.25) is 0 Å². The summed E-state index contributed by atoms with van der Waals surface area (Å²) in [7, 11) is 0. The summed E-state index contributed by atoms with van der Waals surface area (Å²) in [6, 6.07) is 4.37. The summed E-state index contributed by atoms with van der Waals surface area (Å²) < 4.78 is 0. The first kappa shape index (κ1) is 13.8. The molecular formula is C14H22N4O. The zero-order valence-electron chi connectivity index (χ0n) is 11.6. The molecule has 1 fully saturated rings. The van der Waals surface area contributed by atoms with E-state index in [2.05, 4.69) is 29.3 Å². The SMILES string of the molecule is CC1(C)CCC(NCc2ccnc(/C(N)=N/O)c2)C1. The van der Waals surface area contributed by atoms with Crippen LogP contribution >= 0.6 is 0 Å². The molecule has 0 aliphatic heterocycles. The van der Waals surface area contributed by atoms with E-state index in [9.17, 15) is 0 Å². The Morgan fingerprint density at radius 2 is 2.42 bits per heavy atom. The number of nitrogens with two attached hydrogens (primary N) is 1. The third kappa shape index (κ3) is 3.67. The lowest BCUT2D eigenvalue weighted by molar-refractivity contribution is 0.318. The molecule has 1 aromatic rings. The van der Waals surface area contributed by atoms with E-state index in [1.54, 1.807) is 6.20 Å². The fraction of sp³-hybridized carbons (Fsp3) is 0.571. The topological polar surface area (TPSA) is 83.5 Å². The summed E-state index contributed by atoms with van der Waals surface area (Å²) in [5.41, 5.74) is 7.59. The van der Waals surface area contributed by atoms with Crippen LogP contribution in [0.15, 0.2) is 23.5 Å². The average Bonchev–Trinajstić information content (AvgIpc) is 2.75. The van der Waals surface area contributed by atoms with Gasteiger partial charge in [-0.2, -0.15) is 0 Å². The molecule has 104 valence electrons. The molecule has 2 rings (SSSR count). The third-order valence-corrected chi connectivity index (χ3v) is 3.76. The molecule has 1 aromatic heterocycles. The second-order valence-corrected chi connectivity index (χ2v) is 6.02. The quantitative estimate of drug-likeness (QED) is 0.334. The molecule has 1 unspecified atom stereocenters. The zero-order valence-corrected chi connectivity index (χ0v) is 11.6. The van der Waals surface area contributed by atoms with Crippen LogP contribution in [-0.4, -0.2) is 22.1 Å². The van der Waals surface area contributed by atoms with Gasteiger partial charge in [0.1, 0.15) is 5.69 Å². The van der Waals surface area contributed by atoms with Gasteiger partial charge in [0, 0.05) is 18.8 Å². The van der Waals surface area contributed by atoms with Gasteiger partial charge >= 0.3 is 0 Å². The standard InChI is InChI=1S/C14H22N4O/c1-14(2)5-3-11(8-14)17-9-10-4-6-16-12(7-10)13(15)18-19/h4,6-7,11,17,19H,3,5,8-9H2,1-2H3,(H2,15,18). The van der Waals surface area contributed by atoms with Gasteiger partial charge < -0.3 is 16.3 Å². The Bertz CT molecular complexity index is 470. The molecule has 5 heteroatoms. The van der Waals surface area contributed by atoms with E-state index in [4.69, 9.17) is 10.9 Å². The van der Waals surface area contributed by atoms with Crippen LogP contribution in [0.4, 0.5) is 0 Å². The van der Waals surface area contributed by atoms with Crippen LogP contribution in [-0.2, 0) is 6.54 Å². The highest BCUT2D eigenvalue weighted by molar-refractivity contribution is 5.95. The summed E-state index contributed by atoms with van der Waals surface area (Å²) >= 11 is 0. The molecule has 0 spiro atoms. The fourth-order valence-electron chi connectivity index (χ4n) is 2.65. The van der Waals surface area contributed by atoms with Crippen LogP contribution in [0, 0.1) is 5.41 Å². The van der Waals surface area contributed by atoms with Gasteiger partial charge in [0.2, 0.25) is 0 Å². The maximum Gasteiger partial charge on any atom is 0.188 e. The minimum absolute atomic E-state index is 0.0452. The fourth-order valence-corrected chi connectivity index (χ4v) is 2.65. The normalized spacial score (nSPS) is 22.6. The van der Waals surface area contributed by atoms with Crippen LogP contribution < -0.4 is 11.1 Å². The molecule has 1 atom stereocenters. The highest BCUT2D eigenvalue weighted by Crippen LogP contribution is 2.36. The summed E-state index contributed by atoms with van der Waals surface area (Å²) in [6.45, 7) is 5.42. The number of rotatable bonds is 4. The molecular weight excluding hydrogens is 240 g/mol. The van der Waals surface area contributed by atoms with Gasteiger partial charge in [-0.15, -0.1) is 0 Å².